The molecule has 1 saturated heterocycles. The summed E-state index contributed by atoms with van der Waals surface area (Å²) in [6, 6.07) is 3.50. The second-order valence-electron chi connectivity index (χ2n) is 8.00. The molecule has 3 fully saturated rings. The summed E-state index contributed by atoms with van der Waals surface area (Å²) >= 11 is 9.54. The summed E-state index contributed by atoms with van der Waals surface area (Å²) in [6.07, 6.45) is 5.38. The van der Waals surface area contributed by atoms with Gasteiger partial charge in [0.15, 0.2) is 0 Å². The zero-order valence-electron chi connectivity index (χ0n) is 14.6. The van der Waals surface area contributed by atoms with Crippen molar-refractivity contribution in [3.05, 3.63) is 39.3 Å². The molecule has 3 amide bonds. The van der Waals surface area contributed by atoms with Crippen LogP contribution < -0.4 is 5.32 Å². The maximum absolute atomic E-state index is 12.9. The van der Waals surface area contributed by atoms with E-state index in [9.17, 15) is 14.4 Å². The molecule has 7 heteroatoms. The molecule has 140 valence electrons. The van der Waals surface area contributed by atoms with Crippen molar-refractivity contribution in [3.63, 3.8) is 0 Å². The average Bonchev–Trinajstić information content (AvgIpc) is 3.43. The van der Waals surface area contributed by atoms with Crippen LogP contribution >= 0.6 is 27.5 Å². The molecule has 2 saturated carbocycles. The number of hydrogen-bond donors (Lipinski definition) is 1. The van der Waals surface area contributed by atoms with E-state index in [1.54, 1.807) is 19.1 Å². The van der Waals surface area contributed by atoms with Gasteiger partial charge in [0.2, 0.25) is 17.7 Å². The number of benzene rings is 1. The van der Waals surface area contributed by atoms with Crippen molar-refractivity contribution >= 4 is 50.9 Å². The predicted molar refractivity (Wildman–Crippen MR) is 104 cm³/mol. The van der Waals surface area contributed by atoms with E-state index in [0.29, 0.717) is 22.5 Å². The summed E-state index contributed by atoms with van der Waals surface area (Å²) in [5.41, 5.74) is 1.31. The molecule has 6 rings (SSSR count). The van der Waals surface area contributed by atoms with Crippen LogP contribution in [0.25, 0.3) is 0 Å². The Bertz CT molecular complexity index is 894. The zero-order chi connectivity index (χ0) is 19.0. The summed E-state index contributed by atoms with van der Waals surface area (Å²) in [4.78, 5) is 39.5. The standard InChI is InChI=1S/C20H18BrClN2O3/c1-8-14(5-4-13(21)18(8)22)23-15(25)7-24-19(26)16-9-2-3-10(12-6-11(9)12)17(16)20(24)27/h2-5,9-12,16-17H,6-7H2,1H3,(H,23,25). The number of likely N-dealkylation sites (tertiary alicyclic amines) is 1. The van der Waals surface area contributed by atoms with Gasteiger partial charge in [0.25, 0.3) is 0 Å². The highest BCUT2D eigenvalue weighted by Gasteiger charge is 2.67. The lowest BCUT2D eigenvalue weighted by molar-refractivity contribution is -0.142. The number of rotatable bonds is 3. The lowest BCUT2D eigenvalue weighted by Crippen LogP contribution is -2.40. The fourth-order valence-electron chi connectivity index (χ4n) is 5.30. The first-order valence-corrected chi connectivity index (χ1v) is 10.3. The highest BCUT2D eigenvalue weighted by atomic mass is 79.9. The van der Waals surface area contributed by atoms with Gasteiger partial charge in [0.1, 0.15) is 6.54 Å². The van der Waals surface area contributed by atoms with Gasteiger partial charge >= 0.3 is 0 Å². The van der Waals surface area contributed by atoms with Crippen LogP contribution in [0.2, 0.25) is 5.02 Å². The van der Waals surface area contributed by atoms with Crippen LogP contribution in [0.1, 0.15) is 12.0 Å². The molecule has 27 heavy (non-hydrogen) atoms. The van der Waals surface area contributed by atoms with Crippen molar-refractivity contribution in [3.8, 4) is 0 Å². The van der Waals surface area contributed by atoms with Gasteiger partial charge < -0.3 is 5.32 Å². The van der Waals surface area contributed by atoms with Crippen molar-refractivity contribution in [2.24, 2.45) is 35.5 Å². The molecule has 0 spiro atoms. The molecule has 5 aliphatic rings. The SMILES string of the molecule is Cc1c(NC(=O)CN2C(=O)C3C4C=CC(C5CC45)C3C2=O)ccc(Br)c1Cl. The molecule has 4 aliphatic carbocycles. The monoisotopic (exact) mass is 448 g/mol. The quantitative estimate of drug-likeness (QED) is 0.568. The number of allylic oxidation sites excluding steroid dienone is 2. The van der Waals surface area contributed by atoms with Crippen LogP contribution in [0.15, 0.2) is 28.8 Å². The summed E-state index contributed by atoms with van der Waals surface area (Å²) in [7, 11) is 0. The number of halogens is 2. The van der Waals surface area contributed by atoms with Crippen molar-refractivity contribution in [1.29, 1.82) is 0 Å². The third-order valence-electron chi connectivity index (χ3n) is 6.67. The van der Waals surface area contributed by atoms with Crippen LogP contribution in [-0.2, 0) is 14.4 Å². The van der Waals surface area contributed by atoms with E-state index in [0.717, 1.165) is 21.4 Å². The average molecular weight is 450 g/mol. The number of imide groups is 1. The number of carbonyl (C=O) groups is 3. The number of nitrogens with one attached hydrogen (secondary N) is 1. The second-order valence-corrected chi connectivity index (χ2v) is 9.23. The Labute approximate surface area is 170 Å². The first-order valence-electron chi connectivity index (χ1n) is 9.16. The number of nitrogens with zero attached hydrogens (tertiary/aromatic N) is 1. The van der Waals surface area contributed by atoms with E-state index < -0.39 is 0 Å². The molecule has 5 nitrogen and oxygen atoms in total. The molecule has 1 aromatic rings. The van der Waals surface area contributed by atoms with E-state index in [2.05, 4.69) is 33.4 Å². The maximum Gasteiger partial charge on any atom is 0.244 e. The van der Waals surface area contributed by atoms with E-state index in [1.165, 1.54) is 0 Å². The van der Waals surface area contributed by atoms with Crippen LogP contribution in [0.5, 0.6) is 0 Å². The lowest BCUT2D eigenvalue weighted by atomic mass is 9.63. The fraction of sp³-hybridized carbons (Fsp3) is 0.450. The largest absolute Gasteiger partial charge is 0.324 e. The lowest BCUT2D eigenvalue weighted by Gasteiger charge is -2.37. The maximum atomic E-state index is 12.9. The molecule has 6 unspecified atom stereocenters. The Morgan fingerprint density at radius 2 is 1.78 bits per heavy atom. The van der Waals surface area contributed by atoms with Crippen molar-refractivity contribution in [2.75, 3.05) is 11.9 Å². The topological polar surface area (TPSA) is 66.5 Å². The summed E-state index contributed by atoms with van der Waals surface area (Å²) in [6.45, 7) is 1.56. The molecular formula is C20H18BrClN2O3. The third kappa shape index (κ3) is 2.46. The molecule has 1 aromatic carbocycles. The summed E-state index contributed by atoms with van der Waals surface area (Å²) in [5, 5.41) is 3.30. The highest BCUT2D eigenvalue weighted by Crippen LogP contribution is 2.65. The fourth-order valence-corrected chi connectivity index (χ4v) is 5.89. The van der Waals surface area contributed by atoms with Gasteiger partial charge in [-0.2, -0.15) is 0 Å². The van der Waals surface area contributed by atoms with Gasteiger partial charge in [-0.1, -0.05) is 23.8 Å². The van der Waals surface area contributed by atoms with Crippen LogP contribution in [0.3, 0.4) is 0 Å². The zero-order valence-corrected chi connectivity index (χ0v) is 17.0. The second kappa shape index (κ2) is 5.92. The number of carbonyl (C=O) groups excluding carboxylic acids is 3. The minimum atomic E-state index is -0.387. The Hall–Kier alpha value is -1.66. The molecule has 0 aromatic heterocycles. The minimum Gasteiger partial charge on any atom is -0.324 e. The predicted octanol–water partition coefficient (Wildman–Crippen LogP) is 3.40. The Balaban J connectivity index is 1.33. The van der Waals surface area contributed by atoms with Gasteiger partial charge in [0, 0.05) is 10.2 Å². The molecule has 2 bridgehead atoms. The van der Waals surface area contributed by atoms with Gasteiger partial charge in [-0.3, -0.25) is 19.3 Å². The first-order chi connectivity index (χ1) is 12.9. The molecule has 1 heterocycles. The Kier molecular flexibility index (Phi) is 3.82. The molecule has 0 radical (unpaired) electrons. The minimum absolute atomic E-state index is 0.169. The Morgan fingerprint density at radius 1 is 1.19 bits per heavy atom. The van der Waals surface area contributed by atoms with Crippen molar-refractivity contribution in [1.82, 2.24) is 4.90 Å². The van der Waals surface area contributed by atoms with E-state index in [-0.39, 0.29) is 47.9 Å². The molecule has 6 atom stereocenters. The first kappa shape index (κ1) is 17.4. The van der Waals surface area contributed by atoms with Crippen LogP contribution in [-0.4, -0.2) is 29.2 Å². The highest BCUT2D eigenvalue weighted by molar-refractivity contribution is 9.10. The van der Waals surface area contributed by atoms with E-state index >= 15 is 0 Å². The summed E-state index contributed by atoms with van der Waals surface area (Å²) in [5.74, 6) is 0.150. The van der Waals surface area contributed by atoms with Crippen LogP contribution in [0, 0.1) is 42.4 Å². The van der Waals surface area contributed by atoms with E-state index in [1.807, 2.05) is 0 Å². The molecule has 1 aliphatic heterocycles. The van der Waals surface area contributed by atoms with Gasteiger partial charge in [-0.15, -0.1) is 0 Å². The number of amides is 3. The molecule has 1 N–H and O–H groups in total. The smallest absolute Gasteiger partial charge is 0.244 e. The van der Waals surface area contributed by atoms with Crippen molar-refractivity contribution < 1.29 is 14.4 Å². The number of anilines is 1. The summed E-state index contributed by atoms with van der Waals surface area (Å²) < 4.78 is 0.746. The third-order valence-corrected chi connectivity index (χ3v) is 8.05. The van der Waals surface area contributed by atoms with Crippen molar-refractivity contribution in [2.45, 2.75) is 13.3 Å². The Morgan fingerprint density at radius 3 is 2.37 bits per heavy atom. The van der Waals surface area contributed by atoms with Gasteiger partial charge in [-0.25, -0.2) is 0 Å². The van der Waals surface area contributed by atoms with E-state index in [4.69, 9.17) is 11.6 Å². The normalized spacial score (nSPS) is 35.3. The number of hydrogen-bond acceptors (Lipinski definition) is 3. The van der Waals surface area contributed by atoms with Gasteiger partial charge in [0.05, 0.1) is 16.9 Å². The van der Waals surface area contributed by atoms with Gasteiger partial charge in [-0.05, 0) is 70.6 Å². The van der Waals surface area contributed by atoms with Crippen LogP contribution in [0.4, 0.5) is 5.69 Å². The molecular weight excluding hydrogens is 432 g/mol.